The molecule has 2 aromatic rings. The fourth-order valence-electron chi connectivity index (χ4n) is 2.13. The average molecular weight is 328 g/mol. The van der Waals surface area contributed by atoms with Crippen LogP contribution in [0, 0.1) is 24.0 Å². The first kappa shape index (κ1) is 15.1. The van der Waals surface area contributed by atoms with Crippen molar-refractivity contribution >= 4 is 35.0 Å². The minimum Gasteiger partial charge on any atom is -0.402 e. The van der Waals surface area contributed by atoms with Crippen LogP contribution < -0.4 is 0 Å². The maximum absolute atomic E-state index is 11.9. The summed E-state index contributed by atoms with van der Waals surface area (Å²) in [6.45, 7) is 3.59. The number of esters is 1. The van der Waals surface area contributed by atoms with E-state index in [9.17, 15) is 14.9 Å². The smallest absolute Gasteiger partial charge is 0.363 e. The van der Waals surface area contributed by atoms with Crippen molar-refractivity contribution in [3.63, 3.8) is 0 Å². The van der Waals surface area contributed by atoms with Crippen LogP contribution in [-0.4, -0.2) is 16.8 Å². The normalized spacial score (nSPS) is 15.7. The van der Waals surface area contributed by atoms with Gasteiger partial charge in [0.2, 0.25) is 5.90 Å². The van der Waals surface area contributed by atoms with Gasteiger partial charge in [0.15, 0.2) is 5.70 Å². The molecule has 1 aliphatic heterocycles. The number of nitro groups is 1. The lowest BCUT2D eigenvalue weighted by atomic mass is 10.1. The van der Waals surface area contributed by atoms with Crippen molar-refractivity contribution in [3.8, 4) is 0 Å². The van der Waals surface area contributed by atoms with Gasteiger partial charge >= 0.3 is 5.97 Å². The number of nitro benzene ring substituents is 1. The molecule has 0 unspecified atom stereocenters. The zero-order chi connectivity index (χ0) is 16.6. The number of thiophene rings is 1. The molecule has 6 nitrogen and oxygen atoms in total. The molecule has 2 heterocycles. The van der Waals surface area contributed by atoms with Crippen LogP contribution in [0.5, 0.6) is 0 Å². The monoisotopic (exact) mass is 328 g/mol. The number of cyclic esters (lactones) is 1. The summed E-state index contributed by atoms with van der Waals surface area (Å²) < 4.78 is 5.15. The topological polar surface area (TPSA) is 81.8 Å². The van der Waals surface area contributed by atoms with Gasteiger partial charge in [-0.2, -0.15) is 0 Å². The minimum atomic E-state index is -0.559. The Balaban J connectivity index is 1.99. The van der Waals surface area contributed by atoms with Gasteiger partial charge < -0.3 is 4.74 Å². The number of carbonyl (C=O) groups excluding carboxylic acids is 1. The molecule has 0 bridgehead atoms. The number of hydrogen-bond donors (Lipinski definition) is 0. The maximum Gasteiger partial charge on any atom is 0.363 e. The van der Waals surface area contributed by atoms with Crippen LogP contribution in [0.25, 0.3) is 6.08 Å². The fourth-order valence-corrected chi connectivity index (χ4v) is 2.98. The highest BCUT2D eigenvalue weighted by atomic mass is 32.1. The number of carbonyl (C=O) groups is 1. The number of benzene rings is 1. The van der Waals surface area contributed by atoms with E-state index in [0.29, 0.717) is 11.1 Å². The predicted octanol–water partition coefficient (Wildman–Crippen LogP) is 3.62. The van der Waals surface area contributed by atoms with E-state index in [1.807, 2.05) is 18.4 Å². The lowest BCUT2D eigenvalue weighted by Crippen LogP contribution is -2.06. The van der Waals surface area contributed by atoms with E-state index in [4.69, 9.17) is 4.74 Å². The number of rotatable bonds is 3. The summed E-state index contributed by atoms with van der Waals surface area (Å²) >= 11 is 1.50. The molecule has 0 saturated carbocycles. The molecule has 0 saturated heterocycles. The van der Waals surface area contributed by atoms with E-state index in [0.717, 1.165) is 10.4 Å². The van der Waals surface area contributed by atoms with E-state index in [1.54, 1.807) is 25.1 Å². The molecule has 0 fully saturated rings. The highest BCUT2D eigenvalue weighted by Crippen LogP contribution is 2.26. The zero-order valence-electron chi connectivity index (χ0n) is 12.4. The molecule has 0 radical (unpaired) electrons. The number of nitrogens with zero attached hydrogens (tertiary/aromatic N) is 2. The van der Waals surface area contributed by atoms with Gasteiger partial charge in [-0.25, -0.2) is 9.79 Å². The van der Waals surface area contributed by atoms with Gasteiger partial charge in [-0.15, -0.1) is 11.3 Å². The zero-order valence-corrected chi connectivity index (χ0v) is 13.2. The van der Waals surface area contributed by atoms with Crippen molar-refractivity contribution in [1.82, 2.24) is 0 Å². The van der Waals surface area contributed by atoms with Gasteiger partial charge in [0, 0.05) is 22.1 Å². The Bertz CT molecular complexity index is 880. The van der Waals surface area contributed by atoms with E-state index in [1.165, 1.54) is 17.4 Å². The summed E-state index contributed by atoms with van der Waals surface area (Å²) in [6.07, 6.45) is 1.66. The van der Waals surface area contributed by atoms with Gasteiger partial charge in [-0.1, -0.05) is 6.07 Å². The Kier molecular flexibility index (Phi) is 3.79. The van der Waals surface area contributed by atoms with Crippen LogP contribution in [0.2, 0.25) is 0 Å². The van der Waals surface area contributed by atoms with Crippen molar-refractivity contribution in [2.45, 2.75) is 13.8 Å². The highest BCUT2D eigenvalue weighted by Gasteiger charge is 2.26. The standard InChI is InChI=1S/C16H12N2O4S/c1-9-3-4-11(7-13(9)18(20)21)15-17-12(16(19)22-15)8-14-10(2)5-6-23-14/h3-8H,1-2H3. The summed E-state index contributed by atoms with van der Waals surface area (Å²) in [5.74, 6) is -0.477. The number of ether oxygens (including phenoxy) is 1. The van der Waals surface area contributed by atoms with Crippen LogP contribution in [-0.2, 0) is 9.53 Å². The molecule has 3 rings (SSSR count). The second kappa shape index (κ2) is 5.77. The lowest BCUT2D eigenvalue weighted by Gasteiger charge is -2.01. The highest BCUT2D eigenvalue weighted by molar-refractivity contribution is 7.11. The van der Waals surface area contributed by atoms with E-state index >= 15 is 0 Å². The molecule has 0 aliphatic carbocycles. The maximum atomic E-state index is 11.9. The number of hydrogen-bond acceptors (Lipinski definition) is 6. The first-order valence-corrected chi connectivity index (χ1v) is 7.66. The van der Waals surface area contributed by atoms with Crippen molar-refractivity contribution in [3.05, 3.63) is 67.0 Å². The molecule has 0 spiro atoms. The van der Waals surface area contributed by atoms with Gasteiger partial charge in [-0.05, 0) is 43.0 Å². The molecule has 7 heteroatoms. The Morgan fingerprint density at radius 3 is 2.70 bits per heavy atom. The van der Waals surface area contributed by atoms with E-state index < -0.39 is 10.9 Å². The lowest BCUT2D eigenvalue weighted by molar-refractivity contribution is -0.385. The molecular formula is C16H12N2O4S. The SMILES string of the molecule is Cc1ccc(C2=NC(=Cc3sccc3C)C(=O)O2)cc1[N+](=O)[O-]. The van der Waals surface area contributed by atoms with Crippen molar-refractivity contribution in [1.29, 1.82) is 0 Å². The second-order valence-electron chi connectivity index (χ2n) is 5.06. The Labute approximate surface area is 135 Å². The molecular weight excluding hydrogens is 316 g/mol. The van der Waals surface area contributed by atoms with Crippen molar-refractivity contribution in [2.75, 3.05) is 0 Å². The van der Waals surface area contributed by atoms with Crippen molar-refractivity contribution in [2.24, 2.45) is 4.99 Å². The minimum absolute atomic E-state index is 0.0345. The van der Waals surface area contributed by atoms with Crippen LogP contribution in [0.1, 0.15) is 21.6 Å². The summed E-state index contributed by atoms with van der Waals surface area (Å²) in [5.41, 5.74) is 2.14. The molecule has 23 heavy (non-hydrogen) atoms. The molecule has 1 aromatic carbocycles. The number of aryl methyl sites for hydroxylation is 2. The molecule has 116 valence electrons. The van der Waals surface area contributed by atoms with Crippen LogP contribution in [0.4, 0.5) is 5.69 Å². The fraction of sp³-hybridized carbons (Fsp3) is 0.125. The largest absolute Gasteiger partial charge is 0.402 e. The van der Waals surface area contributed by atoms with Gasteiger partial charge in [-0.3, -0.25) is 10.1 Å². The van der Waals surface area contributed by atoms with Gasteiger partial charge in [0.05, 0.1) is 4.92 Å². The number of aliphatic imine (C=N–C) groups is 1. The molecule has 1 aliphatic rings. The summed E-state index contributed by atoms with van der Waals surface area (Å²) in [5, 5.41) is 12.9. The van der Waals surface area contributed by atoms with E-state index in [-0.39, 0.29) is 17.3 Å². The van der Waals surface area contributed by atoms with Crippen LogP contribution >= 0.6 is 11.3 Å². The third-order valence-corrected chi connectivity index (χ3v) is 4.41. The molecule has 0 N–H and O–H groups in total. The third kappa shape index (κ3) is 2.91. The summed E-state index contributed by atoms with van der Waals surface area (Å²) in [7, 11) is 0. The predicted molar refractivity (Wildman–Crippen MR) is 87.5 cm³/mol. The summed E-state index contributed by atoms with van der Waals surface area (Å²) in [6, 6.07) is 6.56. The molecule has 0 amide bonds. The van der Waals surface area contributed by atoms with E-state index in [2.05, 4.69) is 4.99 Å². The van der Waals surface area contributed by atoms with Crippen LogP contribution in [0.15, 0.2) is 40.3 Å². The van der Waals surface area contributed by atoms with Gasteiger partial charge in [0.25, 0.3) is 5.69 Å². The Morgan fingerprint density at radius 2 is 2.04 bits per heavy atom. The summed E-state index contributed by atoms with van der Waals surface area (Å²) in [4.78, 5) is 27.6. The first-order chi connectivity index (χ1) is 11.0. The van der Waals surface area contributed by atoms with Crippen LogP contribution in [0.3, 0.4) is 0 Å². The Hall–Kier alpha value is -2.80. The Morgan fingerprint density at radius 1 is 1.26 bits per heavy atom. The molecule has 1 aromatic heterocycles. The quantitative estimate of drug-likeness (QED) is 0.373. The van der Waals surface area contributed by atoms with Gasteiger partial charge in [0.1, 0.15) is 0 Å². The first-order valence-electron chi connectivity index (χ1n) is 6.78. The second-order valence-corrected chi connectivity index (χ2v) is 6.01. The van der Waals surface area contributed by atoms with Crippen molar-refractivity contribution < 1.29 is 14.5 Å². The average Bonchev–Trinajstić information content (AvgIpc) is 3.07. The third-order valence-electron chi connectivity index (χ3n) is 3.44. The molecule has 0 atom stereocenters.